The van der Waals surface area contributed by atoms with Gasteiger partial charge in [-0.15, -0.1) is 0 Å². The summed E-state index contributed by atoms with van der Waals surface area (Å²) in [4.78, 5) is 25.5. The van der Waals surface area contributed by atoms with Crippen LogP contribution < -0.4 is 0 Å². The third-order valence-electron chi connectivity index (χ3n) is 6.88. The van der Waals surface area contributed by atoms with E-state index in [1.54, 1.807) is 0 Å². The van der Waals surface area contributed by atoms with Crippen LogP contribution in [0.15, 0.2) is 24.3 Å². The molecule has 6 nitrogen and oxygen atoms in total. The van der Waals surface area contributed by atoms with Crippen molar-refractivity contribution in [2.45, 2.75) is 70.7 Å². The van der Waals surface area contributed by atoms with Gasteiger partial charge in [0.2, 0.25) is 0 Å². The topological polar surface area (TPSA) is 104 Å². The summed E-state index contributed by atoms with van der Waals surface area (Å²) in [5, 5.41) is 31.6. The summed E-state index contributed by atoms with van der Waals surface area (Å²) in [6, 6.07) is 5.71. The lowest BCUT2D eigenvalue weighted by Crippen LogP contribution is -2.50. The Bertz CT molecular complexity index is 768. The zero-order valence-corrected chi connectivity index (χ0v) is 16.9. The minimum Gasteiger partial charge on any atom is -0.508 e. The fourth-order valence-electron chi connectivity index (χ4n) is 5.11. The fraction of sp³-hybridized carbons (Fsp3) is 0.636. The average Bonchev–Trinajstić information content (AvgIpc) is 2.82. The molecular weight excluding hydrogens is 360 g/mol. The molecule has 154 valence electrons. The minimum atomic E-state index is -1.62. The summed E-state index contributed by atoms with van der Waals surface area (Å²) in [5.74, 6) is -1.39. The van der Waals surface area contributed by atoms with Gasteiger partial charge in [0.1, 0.15) is 17.5 Å². The molecular formula is C22H30O6. The van der Waals surface area contributed by atoms with Crippen LogP contribution in [-0.4, -0.2) is 44.4 Å². The molecule has 6 heteroatoms. The Morgan fingerprint density at radius 1 is 1.14 bits per heavy atom. The maximum atomic E-state index is 12.8. The van der Waals surface area contributed by atoms with Gasteiger partial charge in [0.05, 0.1) is 11.2 Å². The van der Waals surface area contributed by atoms with Crippen molar-refractivity contribution in [1.82, 2.24) is 0 Å². The SMILES string of the molecule is CC(C)C1(O)CCC2(C)CC(=O)C(C)(O)CC(OC(=O)c3ccc(O)cc3)C21. The monoisotopic (exact) mass is 390 g/mol. The number of aliphatic hydroxyl groups is 2. The zero-order chi connectivity index (χ0) is 20.9. The summed E-state index contributed by atoms with van der Waals surface area (Å²) in [5.41, 5.74) is -3.00. The Morgan fingerprint density at radius 3 is 2.32 bits per heavy atom. The number of benzene rings is 1. The highest BCUT2D eigenvalue weighted by molar-refractivity contribution is 5.90. The number of hydrogen-bond acceptors (Lipinski definition) is 6. The number of fused-ring (bicyclic) bond motifs is 1. The molecule has 0 bridgehead atoms. The van der Waals surface area contributed by atoms with E-state index in [4.69, 9.17) is 4.74 Å². The van der Waals surface area contributed by atoms with E-state index in [1.165, 1.54) is 31.2 Å². The Kier molecular flexibility index (Phi) is 5.09. The molecule has 3 rings (SSSR count). The number of Topliss-reactive ketones (excluding diaryl/α,β-unsaturated/α-hetero) is 1. The molecule has 3 N–H and O–H groups in total. The van der Waals surface area contributed by atoms with Crippen molar-refractivity contribution in [3.8, 4) is 5.75 Å². The van der Waals surface area contributed by atoms with Crippen LogP contribution in [0, 0.1) is 17.3 Å². The predicted octanol–water partition coefficient (Wildman–Crippen LogP) is 2.83. The molecule has 0 spiro atoms. The van der Waals surface area contributed by atoms with Crippen LogP contribution in [0.2, 0.25) is 0 Å². The number of ketones is 1. The highest BCUT2D eigenvalue weighted by atomic mass is 16.5. The van der Waals surface area contributed by atoms with Crippen LogP contribution in [0.25, 0.3) is 0 Å². The third kappa shape index (κ3) is 3.44. The summed E-state index contributed by atoms with van der Waals surface area (Å²) in [7, 11) is 0. The first kappa shape index (κ1) is 20.8. The molecule has 1 aromatic carbocycles. The lowest BCUT2D eigenvalue weighted by atomic mass is 9.68. The van der Waals surface area contributed by atoms with Gasteiger partial charge in [-0.05, 0) is 55.4 Å². The van der Waals surface area contributed by atoms with Gasteiger partial charge < -0.3 is 20.1 Å². The standard InChI is InChI=1S/C22H30O6/c1-13(2)22(27)10-9-20(3)12-17(24)21(4,26)11-16(18(20)22)28-19(25)14-5-7-15(23)8-6-14/h5-8,13,16,18,23,26-27H,9-12H2,1-4H3. The predicted molar refractivity (Wildman–Crippen MR) is 103 cm³/mol. The lowest BCUT2D eigenvalue weighted by molar-refractivity contribution is -0.139. The number of aromatic hydroxyl groups is 1. The lowest BCUT2D eigenvalue weighted by Gasteiger charge is -2.43. The molecule has 1 aromatic rings. The first-order valence-corrected chi connectivity index (χ1v) is 9.87. The second kappa shape index (κ2) is 6.85. The molecule has 5 unspecified atom stereocenters. The number of phenols is 1. The van der Waals surface area contributed by atoms with Crippen molar-refractivity contribution in [2.24, 2.45) is 17.3 Å². The van der Waals surface area contributed by atoms with E-state index in [0.29, 0.717) is 12.8 Å². The minimum absolute atomic E-state index is 0.0390. The van der Waals surface area contributed by atoms with Crippen LogP contribution in [0.5, 0.6) is 5.75 Å². The molecule has 2 saturated carbocycles. The van der Waals surface area contributed by atoms with Crippen molar-refractivity contribution < 1.29 is 29.6 Å². The molecule has 0 amide bonds. The number of carbonyl (C=O) groups is 2. The molecule has 0 radical (unpaired) electrons. The van der Waals surface area contributed by atoms with E-state index in [9.17, 15) is 24.9 Å². The zero-order valence-electron chi connectivity index (χ0n) is 16.9. The van der Waals surface area contributed by atoms with E-state index in [2.05, 4.69) is 0 Å². The number of rotatable bonds is 3. The van der Waals surface area contributed by atoms with E-state index in [-0.39, 0.29) is 35.9 Å². The van der Waals surface area contributed by atoms with Gasteiger partial charge in [-0.25, -0.2) is 4.79 Å². The van der Waals surface area contributed by atoms with E-state index < -0.39 is 34.6 Å². The van der Waals surface area contributed by atoms with Gasteiger partial charge in [0, 0.05) is 18.8 Å². The third-order valence-corrected chi connectivity index (χ3v) is 6.88. The van der Waals surface area contributed by atoms with Gasteiger partial charge in [0.15, 0.2) is 5.78 Å². The maximum Gasteiger partial charge on any atom is 0.338 e. The van der Waals surface area contributed by atoms with Crippen LogP contribution in [0.1, 0.15) is 63.7 Å². The number of carbonyl (C=O) groups excluding carboxylic acids is 2. The summed E-state index contributed by atoms with van der Waals surface area (Å²) < 4.78 is 5.81. The molecule has 5 atom stereocenters. The smallest absolute Gasteiger partial charge is 0.338 e. The van der Waals surface area contributed by atoms with Crippen LogP contribution >= 0.6 is 0 Å². The number of ether oxygens (including phenoxy) is 1. The molecule has 2 aliphatic rings. The van der Waals surface area contributed by atoms with E-state index in [0.717, 1.165) is 0 Å². The first-order chi connectivity index (χ1) is 12.9. The van der Waals surface area contributed by atoms with Crippen molar-refractivity contribution in [2.75, 3.05) is 0 Å². The quantitative estimate of drug-likeness (QED) is 0.686. The highest BCUT2D eigenvalue weighted by Gasteiger charge is 2.63. The number of esters is 1. The first-order valence-electron chi connectivity index (χ1n) is 9.87. The van der Waals surface area contributed by atoms with Gasteiger partial charge in [-0.1, -0.05) is 20.8 Å². The van der Waals surface area contributed by atoms with Crippen molar-refractivity contribution in [3.63, 3.8) is 0 Å². The second-order valence-corrected chi connectivity index (χ2v) is 9.35. The Hall–Kier alpha value is -1.92. The summed E-state index contributed by atoms with van der Waals surface area (Å²) in [6.07, 6.45) is 0.441. The number of hydrogen-bond donors (Lipinski definition) is 3. The van der Waals surface area contributed by atoms with Gasteiger partial charge in [0.25, 0.3) is 0 Å². The van der Waals surface area contributed by atoms with Crippen molar-refractivity contribution in [1.29, 1.82) is 0 Å². The van der Waals surface area contributed by atoms with Gasteiger partial charge in [-0.2, -0.15) is 0 Å². The molecule has 2 aliphatic carbocycles. The highest BCUT2D eigenvalue weighted by Crippen LogP contribution is 2.58. The molecule has 0 heterocycles. The Morgan fingerprint density at radius 2 is 1.75 bits per heavy atom. The molecule has 0 aromatic heterocycles. The second-order valence-electron chi connectivity index (χ2n) is 9.35. The van der Waals surface area contributed by atoms with Crippen LogP contribution in [0.3, 0.4) is 0 Å². The van der Waals surface area contributed by atoms with Gasteiger partial charge in [-0.3, -0.25) is 4.79 Å². The fourth-order valence-corrected chi connectivity index (χ4v) is 5.11. The molecule has 0 saturated heterocycles. The molecule has 28 heavy (non-hydrogen) atoms. The Labute approximate surface area is 165 Å². The van der Waals surface area contributed by atoms with E-state index in [1.807, 2.05) is 20.8 Å². The maximum absolute atomic E-state index is 12.8. The Balaban J connectivity index is 2.00. The number of phenolic OH excluding ortho intramolecular Hbond substituents is 1. The normalized spacial score (nSPS) is 38.2. The summed E-state index contributed by atoms with van der Waals surface area (Å²) in [6.45, 7) is 7.25. The largest absolute Gasteiger partial charge is 0.508 e. The van der Waals surface area contributed by atoms with Crippen LogP contribution in [0.4, 0.5) is 0 Å². The average molecular weight is 390 g/mol. The van der Waals surface area contributed by atoms with Crippen molar-refractivity contribution in [3.05, 3.63) is 29.8 Å². The molecule has 0 aliphatic heterocycles. The van der Waals surface area contributed by atoms with Crippen LogP contribution in [-0.2, 0) is 9.53 Å². The molecule has 2 fully saturated rings. The van der Waals surface area contributed by atoms with Crippen molar-refractivity contribution >= 4 is 11.8 Å². The van der Waals surface area contributed by atoms with Gasteiger partial charge >= 0.3 is 5.97 Å². The van der Waals surface area contributed by atoms with E-state index >= 15 is 0 Å². The summed E-state index contributed by atoms with van der Waals surface area (Å²) >= 11 is 0.